The molecule has 2 aliphatic heterocycles. The summed E-state index contributed by atoms with van der Waals surface area (Å²) in [5.41, 5.74) is 4.02. The molecule has 0 N–H and O–H groups in total. The Bertz CT molecular complexity index is 1210. The number of hydrogen-bond acceptors (Lipinski definition) is 4. The smallest absolute Gasteiger partial charge is 0.250 e. The van der Waals surface area contributed by atoms with Crippen LogP contribution in [0.25, 0.3) is 10.9 Å². The van der Waals surface area contributed by atoms with Crippen molar-refractivity contribution in [1.29, 1.82) is 0 Å². The van der Waals surface area contributed by atoms with Crippen LogP contribution in [0.15, 0.2) is 41.2 Å². The molecule has 0 spiro atoms. The second-order valence-corrected chi connectivity index (χ2v) is 8.72. The van der Waals surface area contributed by atoms with Crippen LogP contribution in [0.3, 0.4) is 0 Å². The predicted molar refractivity (Wildman–Crippen MR) is 117 cm³/mol. The van der Waals surface area contributed by atoms with Gasteiger partial charge in [-0.2, -0.15) is 0 Å². The number of carbonyl (C=O) groups excluding carboxylic acids is 1. The molecule has 6 nitrogen and oxygen atoms in total. The van der Waals surface area contributed by atoms with Crippen molar-refractivity contribution in [3.8, 4) is 5.75 Å². The quantitative estimate of drug-likeness (QED) is 0.627. The molecule has 0 unspecified atom stereocenters. The third-order valence-electron chi connectivity index (χ3n) is 6.90. The molecule has 0 amide bonds. The molecule has 156 valence electrons. The van der Waals surface area contributed by atoms with Crippen LogP contribution >= 0.6 is 0 Å². The normalized spacial score (nSPS) is 20.9. The Balaban J connectivity index is 1.43. The number of aryl methyl sites for hydroxylation is 1. The van der Waals surface area contributed by atoms with Gasteiger partial charge in [-0.3, -0.25) is 14.5 Å². The molecule has 1 fully saturated rings. The molecular formula is C24H27N3O3. The second kappa shape index (κ2) is 7.13. The topological polar surface area (TPSA) is 56.5 Å². The van der Waals surface area contributed by atoms with E-state index in [2.05, 4.69) is 15.5 Å². The van der Waals surface area contributed by atoms with Gasteiger partial charge in [0.25, 0.3) is 5.56 Å². The minimum Gasteiger partial charge on any atom is -0.497 e. The van der Waals surface area contributed by atoms with E-state index in [0.29, 0.717) is 18.4 Å². The van der Waals surface area contributed by atoms with Crippen LogP contribution in [0.5, 0.6) is 5.75 Å². The number of Topliss-reactive ketones (excluding diaryl/α,β-unsaturated/α-hetero) is 1. The van der Waals surface area contributed by atoms with Crippen LogP contribution in [-0.2, 0) is 13.6 Å². The van der Waals surface area contributed by atoms with Gasteiger partial charge in [0, 0.05) is 66.5 Å². The first-order valence-corrected chi connectivity index (χ1v) is 10.5. The van der Waals surface area contributed by atoms with E-state index in [9.17, 15) is 9.59 Å². The highest BCUT2D eigenvalue weighted by molar-refractivity contribution is 6.10. The van der Waals surface area contributed by atoms with Gasteiger partial charge in [0.15, 0.2) is 5.78 Å². The van der Waals surface area contributed by atoms with Crippen LogP contribution in [-0.4, -0.2) is 46.6 Å². The molecule has 1 saturated heterocycles. The molecule has 0 radical (unpaired) electrons. The zero-order valence-electron chi connectivity index (χ0n) is 17.7. The lowest BCUT2D eigenvalue weighted by molar-refractivity contribution is 0.0818. The maximum atomic E-state index is 13.4. The number of aromatic nitrogens is 2. The largest absolute Gasteiger partial charge is 0.497 e. The summed E-state index contributed by atoms with van der Waals surface area (Å²) in [6.07, 6.45) is 1.10. The van der Waals surface area contributed by atoms with Gasteiger partial charge in [0.1, 0.15) is 5.75 Å². The summed E-state index contributed by atoms with van der Waals surface area (Å²) >= 11 is 0. The van der Waals surface area contributed by atoms with E-state index in [4.69, 9.17) is 4.74 Å². The Morgan fingerprint density at radius 3 is 2.80 bits per heavy atom. The van der Waals surface area contributed by atoms with Crippen molar-refractivity contribution < 1.29 is 9.53 Å². The summed E-state index contributed by atoms with van der Waals surface area (Å²) in [7, 11) is 3.65. The lowest BCUT2D eigenvalue weighted by Gasteiger charge is -2.42. The molecule has 2 bridgehead atoms. The maximum Gasteiger partial charge on any atom is 0.250 e. The van der Waals surface area contributed by atoms with Crippen molar-refractivity contribution in [1.82, 2.24) is 14.0 Å². The van der Waals surface area contributed by atoms with Gasteiger partial charge in [-0.25, -0.2) is 0 Å². The summed E-state index contributed by atoms with van der Waals surface area (Å²) in [6, 6.07) is 11.5. The molecule has 0 saturated carbocycles. The number of carbonyl (C=O) groups is 1. The SMILES string of the molecule is COc1ccc2c(c1)c(C(=O)CN1C[C@H]3C[C@H](C1)c1cccc(=O)n1C3)c(C)n2C. The highest BCUT2D eigenvalue weighted by atomic mass is 16.5. The Labute approximate surface area is 175 Å². The Hall–Kier alpha value is -2.86. The lowest BCUT2D eigenvalue weighted by Crippen LogP contribution is -2.48. The minimum atomic E-state index is 0.0899. The molecule has 5 rings (SSSR count). The Morgan fingerprint density at radius 1 is 1.17 bits per heavy atom. The van der Waals surface area contributed by atoms with E-state index in [1.54, 1.807) is 13.2 Å². The Morgan fingerprint density at radius 2 is 2.00 bits per heavy atom. The van der Waals surface area contributed by atoms with Gasteiger partial charge in [0.2, 0.25) is 0 Å². The van der Waals surface area contributed by atoms with Crippen LogP contribution in [0.2, 0.25) is 0 Å². The number of nitrogens with zero attached hydrogens (tertiary/aromatic N) is 3. The highest BCUT2D eigenvalue weighted by Gasteiger charge is 2.35. The summed E-state index contributed by atoms with van der Waals surface area (Å²) in [4.78, 5) is 27.9. The van der Waals surface area contributed by atoms with E-state index < -0.39 is 0 Å². The van der Waals surface area contributed by atoms with Gasteiger partial charge in [-0.05, 0) is 43.5 Å². The average Bonchev–Trinajstić information content (AvgIpc) is 2.98. The van der Waals surface area contributed by atoms with E-state index in [1.165, 1.54) is 0 Å². The molecule has 3 aromatic rings. The van der Waals surface area contributed by atoms with Gasteiger partial charge < -0.3 is 13.9 Å². The number of methoxy groups -OCH3 is 1. The van der Waals surface area contributed by atoms with E-state index in [1.807, 2.05) is 42.8 Å². The molecule has 2 aliphatic rings. The minimum absolute atomic E-state index is 0.0899. The molecule has 1 aromatic carbocycles. The van der Waals surface area contributed by atoms with Gasteiger partial charge >= 0.3 is 0 Å². The number of rotatable bonds is 4. The number of pyridine rings is 1. The fourth-order valence-electron chi connectivity index (χ4n) is 5.44. The van der Waals surface area contributed by atoms with Gasteiger partial charge in [-0.15, -0.1) is 0 Å². The van der Waals surface area contributed by atoms with E-state index in [0.717, 1.165) is 59.7 Å². The highest BCUT2D eigenvalue weighted by Crippen LogP contribution is 2.35. The summed E-state index contributed by atoms with van der Waals surface area (Å²) in [5.74, 6) is 1.64. The molecule has 2 aromatic heterocycles. The second-order valence-electron chi connectivity index (χ2n) is 8.72. The first-order chi connectivity index (χ1) is 14.5. The number of piperidine rings is 1. The van der Waals surface area contributed by atoms with Gasteiger partial charge in [-0.1, -0.05) is 6.07 Å². The average molecular weight is 405 g/mol. The lowest BCUT2D eigenvalue weighted by atomic mass is 9.83. The third kappa shape index (κ3) is 2.98. The number of fused-ring (bicyclic) bond motifs is 5. The number of likely N-dealkylation sites (tertiary alicyclic amines) is 1. The number of ketones is 1. The molecule has 4 heterocycles. The fourth-order valence-corrected chi connectivity index (χ4v) is 5.44. The van der Waals surface area contributed by atoms with E-state index >= 15 is 0 Å². The zero-order valence-corrected chi connectivity index (χ0v) is 17.7. The number of benzene rings is 1. The molecular weight excluding hydrogens is 378 g/mol. The third-order valence-corrected chi connectivity index (χ3v) is 6.90. The van der Waals surface area contributed by atoms with Crippen molar-refractivity contribution in [3.63, 3.8) is 0 Å². The van der Waals surface area contributed by atoms with Crippen LogP contribution in [0.1, 0.15) is 34.1 Å². The van der Waals surface area contributed by atoms with Crippen molar-refractivity contribution in [2.75, 3.05) is 26.7 Å². The standard InChI is InChI=1S/C24H27N3O3/c1-15-24(19-10-18(30-3)7-8-21(19)25(15)2)22(28)14-26-11-16-9-17(13-26)20-5-4-6-23(29)27(20)12-16/h4-8,10,16-17H,9,11-14H2,1-3H3/t16-,17-/m1/s1. The van der Waals surface area contributed by atoms with Crippen molar-refractivity contribution in [2.24, 2.45) is 13.0 Å². The molecule has 30 heavy (non-hydrogen) atoms. The van der Waals surface area contributed by atoms with Crippen molar-refractivity contribution >= 4 is 16.7 Å². The summed E-state index contributed by atoms with van der Waals surface area (Å²) < 4.78 is 9.40. The predicted octanol–water partition coefficient (Wildman–Crippen LogP) is 2.96. The number of ether oxygens (including phenoxy) is 1. The monoisotopic (exact) mass is 405 g/mol. The van der Waals surface area contributed by atoms with Gasteiger partial charge in [0.05, 0.1) is 13.7 Å². The molecule has 6 heteroatoms. The van der Waals surface area contributed by atoms with E-state index in [-0.39, 0.29) is 11.3 Å². The van der Waals surface area contributed by atoms with Crippen LogP contribution < -0.4 is 10.3 Å². The van der Waals surface area contributed by atoms with Crippen LogP contribution in [0.4, 0.5) is 0 Å². The first-order valence-electron chi connectivity index (χ1n) is 10.5. The summed E-state index contributed by atoms with van der Waals surface area (Å²) in [5, 5.41) is 0.952. The number of hydrogen-bond donors (Lipinski definition) is 0. The van der Waals surface area contributed by atoms with Crippen molar-refractivity contribution in [2.45, 2.75) is 25.8 Å². The first kappa shape index (κ1) is 19.1. The Kier molecular flexibility index (Phi) is 4.54. The molecule has 2 atom stereocenters. The zero-order chi connectivity index (χ0) is 21.0. The fraction of sp³-hybridized carbons (Fsp3) is 0.417. The molecule has 0 aliphatic carbocycles. The van der Waals surface area contributed by atoms with Crippen LogP contribution in [0, 0.1) is 12.8 Å². The summed E-state index contributed by atoms with van der Waals surface area (Å²) in [6.45, 7) is 4.84. The van der Waals surface area contributed by atoms with Crippen molar-refractivity contribution in [3.05, 3.63) is 63.7 Å². The maximum absolute atomic E-state index is 13.4.